The smallest absolute Gasteiger partial charge is 0.150 e. The number of halogens is 3. The molecule has 118 valence electrons. The third-order valence-corrected chi connectivity index (χ3v) is 5.10. The van der Waals surface area contributed by atoms with E-state index in [2.05, 4.69) is 42.0 Å². The summed E-state index contributed by atoms with van der Waals surface area (Å²) in [7, 11) is 0. The monoisotopic (exact) mass is 360 g/mol. The lowest BCUT2D eigenvalue weighted by molar-refractivity contribution is 0.269. The maximum Gasteiger partial charge on any atom is 0.150 e. The summed E-state index contributed by atoms with van der Waals surface area (Å²) in [6, 6.07) is 2.94. The quantitative estimate of drug-likeness (QED) is 0.859. The molecule has 3 unspecified atom stereocenters. The highest BCUT2D eigenvalue weighted by molar-refractivity contribution is 9.10. The van der Waals surface area contributed by atoms with Crippen molar-refractivity contribution in [3.05, 3.63) is 28.2 Å². The van der Waals surface area contributed by atoms with Crippen LogP contribution in [0.2, 0.25) is 0 Å². The molecule has 0 aromatic heterocycles. The Morgan fingerprint density at radius 2 is 2.05 bits per heavy atom. The Labute approximate surface area is 134 Å². The fourth-order valence-corrected chi connectivity index (χ4v) is 3.74. The van der Waals surface area contributed by atoms with E-state index in [1.807, 2.05) is 4.90 Å². The summed E-state index contributed by atoms with van der Waals surface area (Å²) in [5, 5.41) is 3.57. The molecule has 0 radical (unpaired) electrons. The van der Waals surface area contributed by atoms with Crippen LogP contribution in [0.4, 0.5) is 14.5 Å². The normalized spacial score (nSPS) is 26.2. The summed E-state index contributed by atoms with van der Waals surface area (Å²) in [4.78, 5) is 2.05. The number of hydrogen-bond acceptors (Lipinski definition) is 2. The van der Waals surface area contributed by atoms with Gasteiger partial charge in [-0.25, -0.2) is 8.78 Å². The molecule has 1 aliphatic rings. The van der Waals surface area contributed by atoms with Crippen molar-refractivity contribution in [3.8, 4) is 0 Å². The van der Waals surface area contributed by atoms with E-state index in [4.69, 9.17) is 0 Å². The van der Waals surface area contributed by atoms with Crippen molar-refractivity contribution >= 4 is 21.6 Å². The maximum absolute atomic E-state index is 14.2. The van der Waals surface area contributed by atoms with Crippen molar-refractivity contribution in [1.82, 2.24) is 5.32 Å². The van der Waals surface area contributed by atoms with E-state index in [0.717, 1.165) is 32.0 Å². The molecule has 0 aliphatic carbocycles. The van der Waals surface area contributed by atoms with Crippen molar-refractivity contribution in [3.63, 3.8) is 0 Å². The SMILES string of the molecule is CCCNC1CCN(c2c(F)cc(F)cc2Br)C(C)C1C. The summed E-state index contributed by atoms with van der Waals surface area (Å²) in [6.45, 7) is 8.24. The van der Waals surface area contributed by atoms with Gasteiger partial charge in [0.25, 0.3) is 0 Å². The highest BCUT2D eigenvalue weighted by Gasteiger charge is 2.34. The van der Waals surface area contributed by atoms with Gasteiger partial charge in [-0.1, -0.05) is 13.8 Å². The number of anilines is 1. The Morgan fingerprint density at radius 1 is 1.33 bits per heavy atom. The van der Waals surface area contributed by atoms with E-state index in [9.17, 15) is 8.78 Å². The molecular weight excluding hydrogens is 338 g/mol. The molecule has 1 heterocycles. The Kier molecular flexibility index (Phi) is 5.60. The van der Waals surface area contributed by atoms with Crippen LogP contribution >= 0.6 is 15.9 Å². The zero-order valence-corrected chi connectivity index (χ0v) is 14.4. The van der Waals surface area contributed by atoms with Gasteiger partial charge in [-0.3, -0.25) is 0 Å². The van der Waals surface area contributed by atoms with Crippen molar-refractivity contribution in [2.75, 3.05) is 18.0 Å². The van der Waals surface area contributed by atoms with Gasteiger partial charge in [0.05, 0.1) is 5.69 Å². The predicted molar refractivity (Wildman–Crippen MR) is 86.7 cm³/mol. The van der Waals surface area contributed by atoms with Gasteiger partial charge in [0, 0.05) is 29.2 Å². The molecule has 1 aromatic rings. The number of nitrogens with one attached hydrogen (secondary N) is 1. The second-order valence-corrected chi connectivity index (χ2v) is 6.71. The van der Waals surface area contributed by atoms with Crippen LogP contribution in [0.15, 0.2) is 16.6 Å². The minimum Gasteiger partial charge on any atom is -0.365 e. The maximum atomic E-state index is 14.2. The molecule has 2 nitrogen and oxygen atoms in total. The number of benzene rings is 1. The minimum absolute atomic E-state index is 0.198. The summed E-state index contributed by atoms with van der Waals surface area (Å²) in [5.41, 5.74) is 0.477. The van der Waals surface area contributed by atoms with E-state index in [-0.39, 0.29) is 6.04 Å². The molecule has 1 saturated heterocycles. The van der Waals surface area contributed by atoms with E-state index in [1.165, 1.54) is 6.07 Å². The molecule has 1 aliphatic heterocycles. The van der Waals surface area contributed by atoms with Gasteiger partial charge in [-0.05, 0) is 54.2 Å². The van der Waals surface area contributed by atoms with Gasteiger partial charge in [0.15, 0.2) is 5.82 Å². The van der Waals surface area contributed by atoms with Crippen molar-refractivity contribution in [2.24, 2.45) is 5.92 Å². The van der Waals surface area contributed by atoms with Crippen molar-refractivity contribution < 1.29 is 8.78 Å². The third kappa shape index (κ3) is 3.57. The van der Waals surface area contributed by atoms with Crippen LogP contribution in [0.3, 0.4) is 0 Å². The first-order valence-corrected chi connectivity index (χ1v) is 8.39. The van der Waals surface area contributed by atoms with Crippen LogP contribution in [-0.2, 0) is 0 Å². The molecule has 0 bridgehead atoms. The molecule has 0 amide bonds. The van der Waals surface area contributed by atoms with Crippen molar-refractivity contribution in [2.45, 2.75) is 45.7 Å². The fraction of sp³-hybridized carbons (Fsp3) is 0.625. The van der Waals surface area contributed by atoms with Crippen LogP contribution < -0.4 is 10.2 Å². The van der Waals surface area contributed by atoms with Crippen LogP contribution in [0.1, 0.15) is 33.6 Å². The Balaban J connectivity index is 2.20. The largest absolute Gasteiger partial charge is 0.365 e. The number of nitrogens with zero attached hydrogens (tertiary/aromatic N) is 1. The molecule has 0 spiro atoms. The topological polar surface area (TPSA) is 15.3 Å². The summed E-state index contributed by atoms with van der Waals surface area (Å²) >= 11 is 3.30. The van der Waals surface area contributed by atoms with Gasteiger partial charge < -0.3 is 10.2 Å². The van der Waals surface area contributed by atoms with Crippen LogP contribution in [0.5, 0.6) is 0 Å². The number of rotatable bonds is 4. The first-order chi connectivity index (χ1) is 9.95. The van der Waals surface area contributed by atoms with Crippen LogP contribution in [0, 0.1) is 17.6 Å². The zero-order chi connectivity index (χ0) is 15.6. The third-order valence-electron chi connectivity index (χ3n) is 4.49. The number of hydrogen-bond donors (Lipinski definition) is 1. The zero-order valence-electron chi connectivity index (χ0n) is 12.8. The van der Waals surface area contributed by atoms with Gasteiger partial charge in [-0.15, -0.1) is 0 Å². The Hall–Kier alpha value is -0.680. The average molecular weight is 361 g/mol. The fourth-order valence-electron chi connectivity index (χ4n) is 3.11. The molecule has 1 fully saturated rings. The van der Waals surface area contributed by atoms with Gasteiger partial charge >= 0.3 is 0 Å². The van der Waals surface area contributed by atoms with E-state index in [1.54, 1.807) is 0 Å². The minimum atomic E-state index is -0.552. The predicted octanol–water partition coefficient (Wildman–Crippen LogP) is 4.33. The van der Waals surface area contributed by atoms with E-state index in [0.29, 0.717) is 22.1 Å². The summed E-state index contributed by atoms with van der Waals surface area (Å²) in [6.07, 6.45) is 2.08. The second-order valence-electron chi connectivity index (χ2n) is 5.86. The van der Waals surface area contributed by atoms with Crippen LogP contribution in [-0.4, -0.2) is 25.2 Å². The molecule has 1 aromatic carbocycles. The summed E-state index contributed by atoms with van der Waals surface area (Å²) in [5.74, 6) is -0.647. The molecule has 21 heavy (non-hydrogen) atoms. The lowest BCUT2D eigenvalue weighted by atomic mass is 9.86. The average Bonchev–Trinajstić information content (AvgIpc) is 2.41. The Bertz CT molecular complexity index is 472. The molecule has 2 rings (SSSR count). The Morgan fingerprint density at radius 3 is 2.67 bits per heavy atom. The van der Waals surface area contributed by atoms with Gasteiger partial charge in [-0.2, -0.15) is 0 Å². The lowest BCUT2D eigenvalue weighted by Crippen LogP contribution is -2.54. The number of piperidine rings is 1. The lowest BCUT2D eigenvalue weighted by Gasteiger charge is -2.44. The first-order valence-electron chi connectivity index (χ1n) is 7.60. The standard InChI is InChI=1S/C16H23BrF2N2/c1-4-6-20-15-5-7-21(11(3)10(15)2)16-13(17)8-12(18)9-14(16)19/h8-11,15,20H,4-7H2,1-3H3. The second kappa shape index (κ2) is 7.05. The molecule has 3 atom stereocenters. The molecular formula is C16H23BrF2N2. The molecule has 5 heteroatoms. The van der Waals surface area contributed by atoms with Gasteiger partial charge in [0.2, 0.25) is 0 Å². The van der Waals surface area contributed by atoms with E-state index >= 15 is 0 Å². The molecule has 0 saturated carbocycles. The van der Waals surface area contributed by atoms with Gasteiger partial charge in [0.1, 0.15) is 5.82 Å². The summed E-state index contributed by atoms with van der Waals surface area (Å²) < 4.78 is 27.9. The highest BCUT2D eigenvalue weighted by atomic mass is 79.9. The highest BCUT2D eigenvalue weighted by Crippen LogP contribution is 2.36. The first kappa shape index (κ1) is 16.7. The van der Waals surface area contributed by atoms with E-state index < -0.39 is 11.6 Å². The van der Waals surface area contributed by atoms with Crippen LogP contribution in [0.25, 0.3) is 0 Å². The molecule has 1 N–H and O–H groups in total. The van der Waals surface area contributed by atoms with Crippen molar-refractivity contribution in [1.29, 1.82) is 0 Å².